The SMILES string of the molecule is CCC(C)(CC)O[C@@H]1C(C(=O)O)O[C@@H](O[C@@H]2C(NC(C)=O)[C@H](C(C)(CC)CC)OC(CO)[C@H]2O)[C@@H](O)C1O. The molecule has 12 heteroatoms. The van der Waals surface area contributed by atoms with E-state index in [9.17, 15) is 35.1 Å². The van der Waals surface area contributed by atoms with E-state index in [1.165, 1.54) is 6.92 Å². The number of aliphatic hydroxyl groups excluding tert-OH is 4. The average Bonchev–Trinajstić information content (AvgIpc) is 2.89. The van der Waals surface area contributed by atoms with Crippen LogP contribution in [0.5, 0.6) is 0 Å². The van der Waals surface area contributed by atoms with Crippen LogP contribution >= 0.6 is 0 Å². The van der Waals surface area contributed by atoms with Crippen molar-refractivity contribution in [1.29, 1.82) is 0 Å². The van der Waals surface area contributed by atoms with Crippen molar-refractivity contribution in [3.63, 3.8) is 0 Å². The van der Waals surface area contributed by atoms with Gasteiger partial charge in [0.1, 0.15) is 36.6 Å². The number of carboxylic acids is 1. The number of aliphatic carboxylic acids is 1. The molecule has 2 rings (SSSR count). The molecule has 2 heterocycles. The summed E-state index contributed by atoms with van der Waals surface area (Å²) in [7, 11) is 0. The van der Waals surface area contributed by atoms with Crippen LogP contribution in [-0.4, -0.2) is 111 Å². The zero-order valence-electron chi connectivity index (χ0n) is 23.5. The highest BCUT2D eigenvalue weighted by atomic mass is 16.7. The Labute approximate surface area is 224 Å². The van der Waals surface area contributed by atoms with Gasteiger partial charge in [0.2, 0.25) is 5.91 Å². The van der Waals surface area contributed by atoms with Crippen LogP contribution in [0.15, 0.2) is 0 Å². The molecule has 2 aliphatic heterocycles. The van der Waals surface area contributed by atoms with Crippen molar-refractivity contribution in [2.24, 2.45) is 5.41 Å². The van der Waals surface area contributed by atoms with Crippen LogP contribution in [0, 0.1) is 5.41 Å². The van der Waals surface area contributed by atoms with Crippen molar-refractivity contribution in [3.8, 4) is 0 Å². The molecule has 4 unspecified atom stereocenters. The van der Waals surface area contributed by atoms with E-state index in [0.29, 0.717) is 25.7 Å². The maximum Gasteiger partial charge on any atom is 0.335 e. The highest BCUT2D eigenvalue weighted by Gasteiger charge is 2.56. The highest BCUT2D eigenvalue weighted by Crippen LogP contribution is 2.40. The smallest absolute Gasteiger partial charge is 0.335 e. The minimum atomic E-state index is -1.74. The minimum Gasteiger partial charge on any atom is -0.479 e. The molecule has 222 valence electrons. The van der Waals surface area contributed by atoms with Crippen molar-refractivity contribution >= 4 is 11.9 Å². The molecule has 0 aromatic rings. The second-order valence-corrected chi connectivity index (χ2v) is 10.9. The van der Waals surface area contributed by atoms with Crippen LogP contribution in [-0.2, 0) is 28.5 Å². The van der Waals surface area contributed by atoms with Gasteiger partial charge in [-0.3, -0.25) is 4.79 Å². The third kappa shape index (κ3) is 6.84. The molecular formula is C26H47NO11. The molecule has 38 heavy (non-hydrogen) atoms. The fraction of sp³-hybridized carbons (Fsp3) is 0.923. The number of ether oxygens (including phenoxy) is 4. The Kier molecular flexibility index (Phi) is 11.5. The molecule has 0 aromatic heterocycles. The summed E-state index contributed by atoms with van der Waals surface area (Å²) in [5.74, 6) is -1.85. The van der Waals surface area contributed by atoms with Gasteiger partial charge in [0.25, 0.3) is 0 Å². The standard InChI is InChI=1S/C26H47NO11/c1-8-25(6,9-2)22-15(27-13(5)29)19(16(30)14(12-28)35-22)36-24-18(32)17(31)20(21(37-24)23(33)34)38-26(7,10-3)11-4/h14-22,24,28,30-32H,8-12H2,1-7H3,(H,27,29)(H,33,34)/t14?,15?,16-,17?,18+,19-,20+,21?,22-,24-/m1/s1. The Morgan fingerprint density at radius 3 is 1.92 bits per heavy atom. The molecule has 0 radical (unpaired) electrons. The van der Waals surface area contributed by atoms with Crippen molar-refractivity contribution in [2.45, 2.75) is 141 Å². The molecule has 10 atom stereocenters. The Morgan fingerprint density at radius 1 is 0.895 bits per heavy atom. The van der Waals surface area contributed by atoms with Gasteiger partial charge in [-0.05, 0) is 38.0 Å². The lowest BCUT2D eigenvalue weighted by Gasteiger charge is -2.52. The quantitative estimate of drug-likeness (QED) is 0.197. The van der Waals surface area contributed by atoms with Gasteiger partial charge in [-0.1, -0.05) is 34.6 Å². The Morgan fingerprint density at radius 2 is 1.47 bits per heavy atom. The van der Waals surface area contributed by atoms with E-state index in [0.717, 1.165) is 0 Å². The summed E-state index contributed by atoms with van der Waals surface area (Å²) in [5.41, 5.74) is -1.27. The Balaban J connectivity index is 2.44. The number of carbonyl (C=O) groups is 2. The van der Waals surface area contributed by atoms with Gasteiger partial charge in [-0.25, -0.2) is 4.79 Å². The third-order valence-corrected chi connectivity index (χ3v) is 8.57. The van der Waals surface area contributed by atoms with Gasteiger partial charge in [0, 0.05) is 6.92 Å². The first-order valence-corrected chi connectivity index (χ1v) is 13.5. The topological polar surface area (TPSA) is 184 Å². The molecule has 0 aliphatic carbocycles. The molecule has 2 fully saturated rings. The van der Waals surface area contributed by atoms with Gasteiger partial charge >= 0.3 is 5.97 Å². The molecule has 6 N–H and O–H groups in total. The molecule has 2 saturated heterocycles. The average molecular weight is 550 g/mol. The van der Waals surface area contributed by atoms with E-state index in [-0.39, 0.29) is 0 Å². The molecule has 1 amide bonds. The number of carbonyl (C=O) groups excluding carboxylic acids is 1. The molecular weight excluding hydrogens is 502 g/mol. The summed E-state index contributed by atoms with van der Waals surface area (Å²) in [6.45, 7) is 12.1. The van der Waals surface area contributed by atoms with E-state index in [4.69, 9.17) is 18.9 Å². The zero-order chi connectivity index (χ0) is 29.0. The number of amides is 1. The summed E-state index contributed by atoms with van der Waals surface area (Å²) in [4.78, 5) is 24.3. The second-order valence-electron chi connectivity index (χ2n) is 10.9. The summed E-state index contributed by atoms with van der Waals surface area (Å²) < 4.78 is 23.7. The minimum absolute atomic E-state index is 0.429. The van der Waals surface area contributed by atoms with Crippen molar-refractivity contribution < 1.29 is 54.1 Å². The van der Waals surface area contributed by atoms with E-state index in [1.54, 1.807) is 6.92 Å². The Hall–Kier alpha value is -1.38. The van der Waals surface area contributed by atoms with Crippen LogP contribution < -0.4 is 5.32 Å². The predicted octanol–water partition coefficient (Wildman–Crippen LogP) is 0.318. The third-order valence-electron chi connectivity index (χ3n) is 8.57. The van der Waals surface area contributed by atoms with Gasteiger partial charge in [0.05, 0.1) is 24.4 Å². The first-order chi connectivity index (χ1) is 17.7. The number of hydrogen-bond acceptors (Lipinski definition) is 10. The molecule has 0 saturated carbocycles. The summed E-state index contributed by atoms with van der Waals surface area (Å²) in [6.07, 6.45) is -10.4. The first-order valence-electron chi connectivity index (χ1n) is 13.5. The number of carboxylic acid groups (broad SMARTS) is 1. The van der Waals surface area contributed by atoms with Crippen molar-refractivity contribution in [2.75, 3.05) is 6.61 Å². The van der Waals surface area contributed by atoms with Gasteiger partial charge < -0.3 is 49.8 Å². The Bertz CT molecular complexity index is 787. The second kappa shape index (κ2) is 13.3. The first kappa shape index (κ1) is 32.8. The number of nitrogens with one attached hydrogen (secondary N) is 1. The summed E-state index contributed by atoms with van der Waals surface area (Å²) >= 11 is 0. The number of aliphatic hydroxyl groups is 4. The monoisotopic (exact) mass is 549 g/mol. The van der Waals surface area contributed by atoms with Crippen LogP contribution in [0.4, 0.5) is 0 Å². The van der Waals surface area contributed by atoms with Crippen molar-refractivity contribution in [1.82, 2.24) is 5.32 Å². The van der Waals surface area contributed by atoms with E-state index < -0.39 is 90.7 Å². The lowest BCUT2D eigenvalue weighted by Crippen LogP contribution is -2.70. The van der Waals surface area contributed by atoms with E-state index >= 15 is 0 Å². The molecule has 12 nitrogen and oxygen atoms in total. The van der Waals surface area contributed by atoms with Gasteiger partial charge in [-0.15, -0.1) is 0 Å². The zero-order valence-corrected chi connectivity index (χ0v) is 23.5. The van der Waals surface area contributed by atoms with Crippen LogP contribution in [0.1, 0.15) is 74.1 Å². The lowest BCUT2D eigenvalue weighted by molar-refractivity contribution is -0.340. The molecule has 0 bridgehead atoms. The number of hydrogen-bond donors (Lipinski definition) is 6. The molecule has 2 aliphatic rings. The van der Waals surface area contributed by atoms with Gasteiger partial charge in [0.15, 0.2) is 12.4 Å². The maximum absolute atomic E-state index is 12.2. The van der Waals surface area contributed by atoms with E-state index in [1.807, 2.05) is 34.6 Å². The van der Waals surface area contributed by atoms with Crippen molar-refractivity contribution in [3.05, 3.63) is 0 Å². The fourth-order valence-corrected chi connectivity index (χ4v) is 5.09. The van der Waals surface area contributed by atoms with Crippen LogP contribution in [0.3, 0.4) is 0 Å². The maximum atomic E-state index is 12.2. The summed E-state index contributed by atoms with van der Waals surface area (Å²) in [5, 5.41) is 55.6. The molecule has 0 spiro atoms. The fourth-order valence-electron chi connectivity index (χ4n) is 5.09. The number of rotatable bonds is 12. The lowest BCUT2D eigenvalue weighted by atomic mass is 9.72. The summed E-state index contributed by atoms with van der Waals surface area (Å²) in [6, 6.07) is -0.941. The highest BCUT2D eigenvalue weighted by molar-refractivity contribution is 5.74. The van der Waals surface area contributed by atoms with E-state index in [2.05, 4.69) is 5.32 Å². The van der Waals surface area contributed by atoms with Gasteiger partial charge in [-0.2, -0.15) is 0 Å². The largest absolute Gasteiger partial charge is 0.479 e. The normalized spacial score (nSPS) is 36.6. The van der Waals surface area contributed by atoms with Crippen LogP contribution in [0.25, 0.3) is 0 Å². The van der Waals surface area contributed by atoms with Crippen LogP contribution in [0.2, 0.25) is 0 Å². The molecule has 0 aromatic carbocycles. The predicted molar refractivity (Wildman–Crippen MR) is 135 cm³/mol.